The summed E-state index contributed by atoms with van der Waals surface area (Å²) in [7, 11) is 0. The summed E-state index contributed by atoms with van der Waals surface area (Å²) in [5, 5.41) is 15.3. The zero-order valence-electron chi connectivity index (χ0n) is 16.9. The molecule has 0 saturated heterocycles. The lowest BCUT2D eigenvalue weighted by molar-refractivity contribution is -0.151. The third-order valence-corrected chi connectivity index (χ3v) is 5.85. The number of carbonyl (C=O) groups excluding carboxylic acids is 1. The van der Waals surface area contributed by atoms with E-state index in [4.69, 9.17) is 0 Å². The molecule has 0 aliphatic heterocycles. The highest BCUT2D eigenvalue weighted by molar-refractivity contribution is 7.10. The Morgan fingerprint density at radius 3 is 2.54 bits per heavy atom. The molecular formula is C22H28N2O3S. The zero-order chi connectivity index (χ0) is 20.7. The molecule has 0 bridgehead atoms. The summed E-state index contributed by atoms with van der Waals surface area (Å²) in [4.78, 5) is 28.6. The zero-order valence-corrected chi connectivity index (χ0v) is 17.7. The van der Waals surface area contributed by atoms with Crippen molar-refractivity contribution in [3.8, 4) is 0 Å². The van der Waals surface area contributed by atoms with Crippen molar-refractivity contribution >= 4 is 41.1 Å². The second-order valence-corrected chi connectivity index (χ2v) is 8.13. The first-order valence-electron chi connectivity index (χ1n) is 9.56. The lowest BCUT2D eigenvalue weighted by Gasteiger charge is -2.25. The van der Waals surface area contributed by atoms with Crippen LogP contribution in [0.4, 0.5) is 5.69 Å². The third kappa shape index (κ3) is 5.52. The van der Waals surface area contributed by atoms with Gasteiger partial charge < -0.3 is 10.4 Å². The monoisotopic (exact) mass is 400 g/mol. The number of carboxylic acid groups (broad SMARTS) is 1. The first-order chi connectivity index (χ1) is 13.3. The Labute approximate surface area is 170 Å². The van der Waals surface area contributed by atoms with Crippen molar-refractivity contribution in [2.45, 2.75) is 52.9 Å². The number of nitrogens with zero attached hydrogens (tertiary/aromatic N) is 1. The molecular weight excluding hydrogens is 372 g/mol. The number of aromatic nitrogens is 1. The van der Waals surface area contributed by atoms with Gasteiger partial charge in [0.2, 0.25) is 5.91 Å². The molecule has 28 heavy (non-hydrogen) atoms. The van der Waals surface area contributed by atoms with E-state index in [1.165, 1.54) is 0 Å². The van der Waals surface area contributed by atoms with E-state index < -0.39 is 11.4 Å². The second kappa shape index (κ2) is 9.64. The number of nitrogens with one attached hydrogen (secondary N) is 1. The van der Waals surface area contributed by atoms with E-state index in [1.807, 2.05) is 30.4 Å². The highest BCUT2D eigenvalue weighted by Crippen LogP contribution is 2.31. The van der Waals surface area contributed by atoms with Crippen molar-refractivity contribution < 1.29 is 14.7 Å². The molecule has 1 aromatic carbocycles. The van der Waals surface area contributed by atoms with E-state index in [2.05, 4.69) is 29.5 Å². The van der Waals surface area contributed by atoms with Gasteiger partial charge in [0.25, 0.3) is 0 Å². The lowest BCUT2D eigenvalue weighted by Crippen LogP contribution is -2.34. The van der Waals surface area contributed by atoms with Crippen molar-refractivity contribution in [2.75, 3.05) is 5.32 Å². The maximum absolute atomic E-state index is 12.4. The normalized spacial score (nSPS) is 11.9. The molecule has 0 radical (unpaired) electrons. The Morgan fingerprint density at radius 2 is 1.96 bits per heavy atom. The van der Waals surface area contributed by atoms with Gasteiger partial charge in [0, 0.05) is 17.5 Å². The van der Waals surface area contributed by atoms with Crippen LogP contribution in [0.5, 0.6) is 0 Å². The Kier molecular flexibility index (Phi) is 7.52. The van der Waals surface area contributed by atoms with Crippen LogP contribution < -0.4 is 5.32 Å². The Bertz CT molecular complexity index is 851. The topological polar surface area (TPSA) is 79.3 Å². The maximum atomic E-state index is 12.4. The van der Waals surface area contributed by atoms with Gasteiger partial charge in [-0.3, -0.25) is 9.59 Å². The molecule has 0 atom stereocenters. The van der Waals surface area contributed by atoms with Crippen LogP contribution in [0.25, 0.3) is 12.2 Å². The number of carboxylic acids is 1. The molecule has 150 valence electrons. The van der Waals surface area contributed by atoms with Crippen LogP contribution in [0.2, 0.25) is 0 Å². The van der Waals surface area contributed by atoms with E-state index in [1.54, 1.807) is 31.3 Å². The molecule has 1 heterocycles. The fraction of sp³-hybridized carbons (Fsp3) is 0.409. The van der Waals surface area contributed by atoms with Crippen LogP contribution in [0.1, 0.15) is 69.1 Å². The first-order valence-corrected chi connectivity index (χ1v) is 10.4. The Hall–Kier alpha value is -2.47. The van der Waals surface area contributed by atoms with E-state index in [0.29, 0.717) is 24.4 Å². The molecule has 2 aromatic rings. The van der Waals surface area contributed by atoms with Crippen LogP contribution in [0.3, 0.4) is 0 Å². The van der Waals surface area contributed by atoms with Gasteiger partial charge in [-0.15, -0.1) is 11.3 Å². The number of anilines is 1. The fourth-order valence-corrected chi connectivity index (χ4v) is 3.79. The molecule has 0 aliphatic carbocycles. The molecule has 0 fully saturated rings. The number of amides is 1. The van der Waals surface area contributed by atoms with Crippen molar-refractivity contribution in [1.29, 1.82) is 0 Å². The van der Waals surface area contributed by atoms with E-state index >= 15 is 0 Å². The van der Waals surface area contributed by atoms with Crippen molar-refractivity contribution in [1.82, 2.24) is 4.98 Å². The van der Waals surface area contributed by atoms with Crippen molar-refractivity contribution in [3.05, 3.63) is 45.9 Å². The smallest absolute Gasteiger partial charge is 0.310 e. The Morgan fingerprint density at radius 1 is 1.25 bits per heavy atom. The standard InChI is InChI=1S/C22H28N2O3S/c1-5-22(6-2,21(26)27)13-19(25)23-17-9-7-8-16(12-17)10-11-20-24-18(14-28-20)15(3)4/h7-12,14-15H,5-6,13H2,1-4H3,(H,23,25)(H,26,27)/b11-10+. The summed E-state index contributed by atoms with van der Waals surface area (Å²) in [5.41, 5.74) is 1.66. The van der Waals surface area contributed by atoms with Crippen molar-refractivity contribution in [3.63, 3.8) is 0 Å². The largest absolute Gasteiger partial charge is 0.481 e. The second-order valence-electron chi connectivity index (χ2n) is 7.24. The van der Waals surface area contributed by atoms with Gasteiger partial charge in [-0.2, -0.15) is 0 Å². The number of benzene rings is 1. The molecule has 0 unspecified atom stereocenters. The molecule has 1 aromatic heterocycles. The summed E-state index contributed by atoms with van der Waals surface area (Å²) in [5.74, 6) is -0.802. The van der Waals surface area contributed by atoms with Crippen LogP contribution in [-0.2, 0) is 9.59 Å². The minimum absolute atomic E-state index is 0.0352. The fourth-order valence-electron chi connectivity index (χ4n) is 2.92. The van der Waals surface area contributed by atoms with Crippen LogP contribution in [0.15, 0.2) is 29.6 Å². The average molecular weight is 401 g/mol. The van der Waals surface area contributed by atoms with E-state index in [0.717, 1.165) is 16.3 Å². The predicted molar refractivity (Wildman–Crippen MR) is 115 cm³/mol. The quantitative estimate of drug-likeness (QED) is 0.569. The summed E-state index contributed by atoms with van der Waals surface area (Å²) in [6.45, 7) is 7.84. The van der Waals surface area contributed by atoms with Gasteiger partial charge in [-0.1, -0.05) is 45.9 Å². The number of aliphatic carboxylic acids is 1. The molecule has 0 saturated carbocycles. The number of rotatable bonds is 9. The van der Waals surface area contributed by atoms with Gasteiger partial charge in [-0.25, -0.2) is 4.98 Å². The minimum Gasteiger partial charge on any atom is -0.481 e. The molecule has 2 rings (SSSR count). The van der Waals surface area contributed by atoms with E-state index in [9.17, 15) is 14.7 Å². The summed E-state index contributed by atoms with van der Waals surface area (Å²) < 4.78 is 0. The van der Waals surface area contributed by atoms with Crippen molar-refractivity contribution in [2.24, 2.45) is 5.41 Å². The lowest BCUT2D eigenvalue weighted by atomic mass is 9.79. The summed E-state index contributed by atoms with van der Waals surface area (Å²) >= 11 is 1.60. The van der Waals surface area contributed by atoms with E-state index in [-0.39, 0.29) is 12.3 Å². The van der Waals surface area contributed by atoms with Gasteiger partial charge in [-0.05, 0) is 42.5 Å². The van der Waals surface area contributed by atoms with Crippen LogP contribution in [0, 0.1) is 5.41 Å². The maximum Gasteiger partial charge on any atom is 0.310 e. The van der Waals surface area contributed by atoms with Gasteiger partial charge in [0.15, 0.2) is 0 Å². The Balaban J connectivity index is 2.07. The average Bonchev–Trinajstić information content (AvgIpc) is 3.14. The SMILES string of the molecule is CCC(CC)(CC(=O)Nc1cccc(/C=C/c2nc(C(C)C)cs2)c1)C(=O)O. The highest BCUT2D eigenvalue weighted by atomic mass is 32.1. The molecule has 5 nitrogen and oxygen atoms in total. The molecule has 0 spiro atoms. The van der Waals surface area contributed by atoms with Crippen LogP contribution >= 0.6 is 11.3 Å². The van der Waals surface area contributed by atoms with Gasteiger partial charge in [0.1, 0.15) is 5.01 Å². The first kappa shape index (κ1) is 21.8. The number of thiazole rings is 1. The summed E-state index contributed by atoms with van der Waals surface area (Å²) in [6, 6.07) is 7.48. The highest BCUT2D eigenvalue weighted by Gasteiger charge is 2.37. The van der Waals surface area contributed by atoms with Crippen LogP contribution in [-0.4, -0.2) is 22.0 Å². The number of carbonyl (C=O) groups is 2. The third-order valence-electron chi connectivity index (χ3n) is 5.03. The van der Waals surface area contributed by atoms with Gasteiger partial charge in [0.05, 0.1) is 11.1 Å². The predicted octanol–water partition coefficient (Wildman–Crippen LogP) is 5.66. The number of hydrogen-bond acceptors (Lipinski definition) is 4. The minimum atomic E-state index is -1.01. The molecule has 6 heteroatoms. The molecule has 0 aliphatic rings. The van der Waals surface area contributed by atoms with Gasteiger partial charge >= 0.3 is 5.97 Å². The summed E-state index contributed by atoms with van der Waals surface area (Å²) in [6.07, 6.45) is 4.72. The molecule has 2 N–H and O–H groups in total. The number of hydrogen-bond donors (Lipinski definition) is 2. The molecule has 1 amide bonds.